The van der Waals surface area contributed by atoms with E-state index in [1.807, 2.05) is 48.5 Å². The van der Waals surface area contributed by atoms with Gasteiger partial charge in [-0.25, -0.2) is 0 Å². The molecule has 0 fully saturated rings. The normalized spacial score (nSPS) is 10.7. The molecule has 118 valence electrons. The Hall–Kier alpha value is -2.46. The SMILES string of the molecule is COc1cccc(CCNC(=O)c2cc3ccc(Cl)cc3[nH]2)c1. The van der Waals surface area contributed by atoms with Gasteiger partial charge >= 0.3 is 0 Å². The molecule has 1 amide bonds. The molecule has 3 rings (SSSR count). The summed E-state index contributed by atoms with van der Waals surface area (Å²) in [4.78, 5) is 15.3. The van der Waals surface area contributed by atoms with Gasteiger partial charge < -0.3 is 15.0 Å². The molecular weight excluding hydrogens is 312 g/mol. The number of hydrogen-bond acceptors (Lipinski definition) is 2. The molecule has 0 spiro atoms. The van der Waals surface area contributed by atoms with E-state index in [2.05, 4.69) is 10.3 Å². The zero-order valence-electron chi connectivity index (χ0n) is 12.7. The number of carbonyl (C=O) groups is 1. The van der Waals surface area contributed by atoms with Crippen LogP contribution < -0.4 is 10.1 Å². The van der Waals surface area contributed by atoms with Crippen molar-refractivity contribution in [1.29, 1.82) is 0 Å². The van der Waals surface area contributed by atoms with E-state index in [0.717, 1.165) is 28.6 Å². The van der Waals surface area contributed by atoms with Gasteiger partial charge in [-0.1, -0.05) is 29.8 Å². The van der Waals surface area contributed by atoms with E-state index >= 15 is 0 Å². The predicted octanol–water partition coefficient (Wildman–Crippen LogP) is 3.80. The maximum absolute atomic E-state index is 12.2. The van der Waals surface area contributed by atoms with E-state index < -0.39 is 0 Å². The summed E-state index contributed by atoms with van der Waals surface area (Å²) in [6.45, 7) is 0.558. The predicted molar refractivity (Wildman–Crippen MR) is 92.3 cm³/mol. The van der Waals surface area contributed by atoms with E-state index in [-0.39, 0.29) is 5.91 Å². The summed E-state index contributed by atoms with van der Waals surface area (Å²) in [7, 11) is 1.64. The molecule has 2 N–H and O–H groups in total. The maximum atomic E-state index is 12.2. The van der Waals surface area contributed by atoms with Crippen LogP contribution in [0.3, 0.4) is 0 Å². The number of benzene rings is 2. The highest BCUT2D eigenvalue weighted by Gasteiger charge is 2.09. The number of aromatic nitrogens is 1. The number of halogens is 1. The molecule has 0 radical (unpaired) electrons. The van der Waals surface area contributed by atoms with Crippen LogP contribution in [0.1, 0.15) is 16.1 Å². The molecule has 3 aromatic rings. The third kappa shape index (κ3) is 3.66. The number of aromatic amines is 1. The summed E-state index contributed by atoms with van der Waals surface area (Å²) in [6, 6.07) is 15.2. The minimum atomic E-state index is -0.125. The number of carbonyl (C=O) groups excluding carboxylic acids is 1. The van der Waals surface area contributed by atoms with Crippen LogP contribution in [0.5, 0.6) is 5.75 Å². The number of methoxy groups -OCH3 is 1. The molecule has 5 heteroatoms. The minimum absolute atomic E-state index is 0.125. The van der Waals surface area contributed by atoms with Gasteiger partial charge in [0.1, 0.15) is 11.4 Å². The van der Waals surface area contributed by atoms with Crippen LogP contribution in [0.25, 0.3) is 10.9 Å². The van der Waals surface area contributed by atoms with E-state index in [1.54, 1.807) is 7.11 Å². The molecule has 1 heterocycles. The second-order valence-corrected chi connectivity index (χ2v) is 5.71. The first-order valence-electron chi connectivity index (χ1n) is 7.35. The van der Waals surface area contributed by atoms with Crippen molar-refractivity contribution < 1.29 is 9.53 Å². The lowest BCUT2D eigenvalue weighted by Crippen LogP contribution is -2.25. The summed E-state index contributed by atoms with van der Waals surface area (Å²) >= 11 is 5.95. The molecular formula is C18H17ClN2O2. The molecule has 0 aliphatic rings. The van der Waals surface area contributed by atoms with Gasteiger partial charge in [-0.3, -0.25) is 4.79 Å². The highest BCUT2D eigenvalue weighted by Crippen LogP contribution is 2.20. The quantitative estimate of drug-likeness (QED) is 0.748. The summed E-state index contributed by atoms with van der Waals surface area (Å²) in [5, 5.41) is 4.52. The van der Waals surface area contributed by atoms with Gasteiger partial charge in [0.15, 0.2) is 0 Å². The number of hydrogen-bond donors (Lipinski definition) is 2. The number of rotatable bonds is 5. The van der Waals surface area contributed by atoms with Crippen LogP contribution >= 0.6 is 11.6 Å². The van der Waals surface area contributed by atoms with Crippen molar-refractivity contribution in [3.63, 3.8) is 0 Å². The average molecular weight is 329 g/mol. The van der Waals surface area contributed by atoms with Crippen molar-refractivity contribution in [3.05, 3.63) is 64.8 Å². The Balaban J connectivity index is 1.61. The average Bonchev–Trinajstić information content (AvgIpc) is 2.98. The summed E-state index contributed by atoms with van der Waals surface area (Å²) in [5.74, 6) is 0.696. The van der Waals surface area contributed by atoms with Crippen molar-refractivity contribution in [3.8, 4) is 5.75 Å². The lowest BCUT2D eigenvalue weighted by atomic mass is 10.1. The zero-order valence-corrected chi connectivity index (χ0v) is 13.5. The minimum Gasteiger partial charge on any atom is -0.497 e. The van der Waals surface area contributed by atoms with Crippen molar-refractivity contribution in [2.24, 2.45) is 0 Å². The Kier molecular flexibility index (Phi) is 4.53. The highest BCUT2D eigenvalue weighted by molar-refractivity contribution is 6.31. The van der Waals surface area contributed by atoms with Gasteiger partial charge in [0.05, 0.1) is 7.11 Å². The largest absolute Gasteiger partial charge is 0.497 e. The van der Waals surface area contributed by atoms with Gasteiger partial charge in [-0.2, -0.15) is 0 Å². The first kappa shape index (κ1) is 15.4. The second kappa shape index (κ2) is 6.75. The van der Waals surface area contributed by atoms with E-state index in [9.17, 15) is 4.79 Å². The Morgan fingerprint density at radius 3 is 2.91 bits per heavy atom. The molecule has 0 saturated heterocycles. The standard InChI is InChI=1S/C18H17ClN2O2/c1-23-15-4-2-3-12(9-15)7-8-20-18(22)17-10-13-5-6-14(19)11-16(13)21-17/h2-6,9-11,21H,7-8H2,1H3,(H,20,22). The Bertz CT molecular complexity index is 842. The van der Waals surface area contributed by atoms with Gasteiger partial charge in [0.25, 0.3) is 5.91 Å². The fourth-order valence-corrected chi connectivity index (χ4v) is 2.64. The third-order valence-corrected chi connectivity index (χ3v) is 3.90. The molecule has 1 aromatic heterocycles. The fraction of sp³-hybridized carbons (Fsp3) is 0.167. The Labute approximate surface area is 139 Å². The molecule has 0 atom stereocenters. The second-order valence-electron chi connectivity index (χ2n) is 5.27. The van der Waals surface area contributed by atoms with Crippen molar-refractivity contribution in [1.82, 2.24) is 10.3 Å². The summed E-state index contributed by atoms with van der Waals surface area (Å²) in [6.07, 6.45) is 0.745. The van der Waals surface area contributed by atoms with Gasteiger partial charge in [0, 0.05) is 22.5 Å². The maximum Gasteiger partial charge on any atom is 0.267 e. The van der Waals surface area contributed by atoms with Crippen LogP contribution in [0.4, 0.5) is 0 Å². The Morgan fingerprint density at radius 1 is 1.22 bits per heavy atom. The fourth-order valence-electron chi connectivity index (χ4n) is 2.47. The molecule has 0 unspecified atom stereocenters. The Morgan fingerprint density at radius 2 is 2.09 bits per heavy atom. The zero-order chi connectivity index (χ0) is 16.2. The number of ether oxygens (including phenoxy) is 1. The molecule has 23 heavy (non-hydrogen) atoms. The van der Waals surface area contributed by atoms with Crippen molar-refractivity contribution >= 4 is 28.4 Å². The van der Waals surface area contributed by atoms with Crippen molar-refractivity contribution in [2.75, 3.05) is 13.7 Å². The van der Waals surface area contributed by atoms with E-state index in [0.29, 0.717) is 17.3 Å². The number of nitrogens with one attached hydrogen (secondary N) is 2. The van der Waals surface area contributed by atoms with Crippen LogP contribution in [-0.2, 0) is 6.42 Å². The molecule has 0 bridgehead atoms. The van der Waals surface area contributed by atoms with Crippen LogP contribution in [0, 0.1) is 0 Å². The topological polar surface area (TPSA) is 54.1 Å². The molecule has 4 nitrogen and oxygen atoms in total. The van der Waals surface area contributed by atoms with Crippen LogP contribution in [-0.4, -0.2) is 24.5 Å². The monoisotopic (exact) mass is 328 g/mol. The first-order chi connectivity index (χ1) is 11.2. The van der Waals surface area contributed by atoms with E-state index in [4.69, 9.17) is 16.3 Å². The van der Waals surface area contributed by atoms with Crippen LogP contribution in [0.15, 0.2) is 48.5 Å². The van der Waals surface area contributed by atoms with Gasteiger partial charge in [-0.15, -0.1) is 0 Å². The lowest BCUT2D eigenvalue weighted by molar-refractivity contribution is 0.0950. The highest BCUT2D eigenvalue weighted by atomic mass is 35.5. The summed E-state index contributed by atoms with van der Waals surface area (Å²) in [5.41, 5.74) is 2.51. The van der Waals surface area contributed by atoms with Crippen molar-refractivity contribution in [2.45, 2.75) is 6.42 Å². The lowest BCUT2D eigenvalue weighted by Gasteiger charge is -2.06. The van der Waals surface area contributed by atoms with Crippen LogP contribution in [0.2, 0.25) is 5.02 Å². The van der Waals surface area contributed by atoms with Gasteiger partial charge in [0.2, 0.25) is 0 Å². The molecule has 0 saturated carbocycles. The number of fused-ring (bicyclic) bond motifs is 1. The first-order valence-corrected chi connectivity index (χ1v) is 7.73. The number of amides is 1. The van der Waals surface area contributed by atoms with E-state index in [1.165, 1.54) is 0 Å². The number of H-pyrrole nitrogens is 1. The third-order valence-electron chi connectivity index (χ3n) is 3.66. The molecule has 0 aliphatic heterocycles. The smallest absolute Gasteiger partial charge is 0.267 e. The molecule has 2 aromatic carbocycles. The summed E-state index contributed by atoms with van der Waals surface area (Å²) < 4.78 is 5.19. The molecule has 0 aliphatic carbocycles. The van der Waals surface area contributed by atoms with Gasteiger partial charge in [-0.05, 0) is 42.3 Å².